The minimum absolute atomic E-state index is 0.177. The largest absolute Gasteiger partial charge is 0.480 e. The molecule has 0 saturated heterocycles. The maximum atomic E-state index is 12.8. The molecular weight excluding hydrogens is 495 g/mol. The van der Waals surface area contributed by atoms with Crippen LogP contribution in [0.5, 0.6) is 0 Å². The van der Waals surface area contributed by atoms with Crippen LogP contribution in [0, 0.1) is 0 Å². The Morgan fingerprint density at radius 1 is 0.737 bits per heavy atom. The molecule has 0 aliphatic carbocycles. The molecule has 5 nitrogen and oxygen atoms in total. The number of benzene rings is 4. The molecular formula is C30H24F3NO4. The number of carbonyl (C=O) groups excluding carboxylic acids is 1. The lowest BCUT2D eigenvalue weighted by molar-refractivity contribution is -0.141. The second-order valence-electron chi connectivity index (χ2n) is 8.59. The Hall–Kier alpha value is -4.43. The van der Waals surface area contributed by atoms with Crippen molar-refractivity contribution in [2.45, 2.75) is 18.8 Å². The summed E-state index contributed by atoms with van der Waals surface area (Å²) in [6.07, 6.45) is -4.42. The zero-order valence-electron chi connectivity index (χ0n) is 20.1. The molecule has 194 valence electrons. The minimum atomic E-state index is -4.42. The predicted molar refractivity (Wildman–Crippen MR) is 137 cm³/mol. The highest BCUT2D eigenvalue weighted by Gasteiger charge is 2.30. The molecule has 0 bridgehead atoms. The third kappa shape index (κ3) is 6.86. The maximum absolute atomic E-state index is 12.8. The van der Waals surface area contributed by atoms with E-state index in [2.05, 4.69) is 5.32 Å². The van der Waals surface area contributed by atoms with E-state index in [4.69, 9.17) is 4.74 Å². The molecule has 0 radical (unpaired) electrons. The first-order valence-electron chi connectivity index (χ1n) is 11.7. The van der Waals surface area contributed by atoms with Gasteiger partial charge in [-0.05, 0) is 52.1 Å². The number of halogens is 3. The van der Waals surface area contributed by atoms with Gasteiger partial charge in [-0.25, -0.2) is 4.79 Å². The molecule has 38 heavy (non-hydrogen) atoms. The quantitative estimate of drug-likeness (QED) is 0.267. The first-order chi connectivity index (χ1) is 18.2. The van der Waals surface area contributed by atoms with Gasteiger partial charge in [0, 0.05) is 5.56 Å². The number of ether oxygens (including phenoxy) is 1. The van der Waals surface area contributed by atoms with E-state index in [1.807, 2.05) is 54.6 Å². The molecule has 1 atom stereocenters. The van der Waals surface area contributed by atoms with E-state index in [1.165, 1.54) is 24.3 Å². The van der Waals surface area contributed by atoms with E-state index in [1.54, 1.807) is 12.1 Å². The average Bonchev–Trinajstić information content (AvgIpc) is 2.93. The van der Waals surface area contributed by atoms with Gasteiger partial charge in [0.1, 0.15) is 0 Å². The van der Waals surface area contributed by atoms with Gasteiger partial charge in [-0.3, -0.25) is 4.79 Å². The van der Waals surface area contributed by atoms with Crippen LogP contribution in [0.1, 0.15) is 21.5 Å². The summed E-state index contributed by atoms with van der Waals surface area (Å²) >= 11 is 0. The topological polar surface area (TPSA) is 75.6 Å². The Morgan fingerprint density at radius 2 is 1.24 bits per heavy atom. The van der Waals surface area contributed by atoms with Crippen molar-refractivity contribution in [2.75, 3.05) is 6.61 Å². The number of hydrogen-bond acceptors (Lipinski definition) is 3. The first-order valence-corrected chi connectivity index (χ1v) is 11.7. The van der Waals surface area contributed by atoms with Crippen LogP contribution in [0.25, 0.3) is 22.3 Å². The van der Waals surface area contributed by atoms with Gasteiger partial charge in [0.2, 0.25) is 0 Å². The van der Waals surface area contributed by atoms with Crippen LogP contribution in [-0.2, 0) is 22.3 Å². The maximum Gasteiger partial charge on any atom is 0.416 e. The molecule has 0 spiro atoms. The van der Waals surface area contributed by atoms with Crippen molar-refractivity contribution in [3.8, 4) is 22.3 Å². The fraction of sp³-hybridized carbons (Fsp3) is 0.133. The SMILES string of the molecule is O=C(N[C@@H](COCc1ccc(-c2ccccc2)cc1)C(=O)O)c1ccc(-c2ccc(C(F)(F)F)cc2)cc1. The van der Waals surface area contributed by atoms with E-state index in [0.29, 0.717) is 11.1 Å². The van der Waals surface area contributed by atoms with Crippen molar-refractivity contribution in [2.24, 2.45) is 0 Å². The normalized spacial score (nSPS) is 12.1. The van der Waals surface area contributed by atoms with Crippen LogP contribution >= 0.6 is 0 Å². The number of carbonyl (C=O) groups is 2. The van der Waals surface area contributed by atoms with Crippen molar-refractivity contribution in [1.82, 2.24) is 5.32 Å². The highest BCUT2D eigenvalue weighted by atomic mass is 19.4. The Kier molecular flexibility index (Phi) is 8.23. The van der Waals surface area contributed by atoms with Crippen LogP contribution in [0.4, 0.5) is 13.2 Å². The number of rotatable bonds is 9. The summed E-state index contributed by atoms with van der Waals surface area (Å²) in [6, 6.07) is 27.1. The van der Waals surface area contributed by atoms with Gasteiger partial charge >= 0.3 is 12.1 Å². The predicted octanol–water partition coefficient (Wildman–Crippen LogP) is 6.44. The summed E-state index contributed by atoms with van der Waals surface area (Å²) in [6.45, 7) is -0.0539. The molecule has 8 heteroatoms. The van der Waals surface area contributed by atoms with Crippen molar-refractivity contribution in [3.05, 3.63) is 120 Å². The number of hydrogen-bond donors (Lipinski definition) is 2. The molecule has 0 fully saturated rings. The van der Waals surface area contributed by atoms with Crippen LogP contribution in [0.15, 0.2) is 103 Å². The second kappa shape index (κ2) is 11.7. The highest BCUT2D eigenvalue weighted by molar-refractivity contribution is 5.97. The molecule has 1 amide bonds. The van der Waals surface area contributed by atoms with Gasteiger partial charge in [-0.15, -0.1) is 0 Å². The Balaban J connectivity index is 1.32. The lowest BCUT2D eigenvalue weighted by atomic mass is 10.0. The molecule has 0 aromatic heterocycles. The van der Waals surface area contributed by atoms with Crippen molar-refractivity contribution in [3.63, 3.8) is 0 Å². The second-order valence-corrected chi connectivity index (χ2v) is 8.59. The zero-order valence-corrected chi connectivity index (χ0v) is 20.1. The highest BCUT2D eigenvalue weighted by Crippen LogP contribution is 2.31. The van der Waals surface area contributed by atoms with E-state index in [0.717, 1.165) is 28.8 Å². The van der Waals surface area contributed by atoms with Gasteiger partial charge in [-0.1, -0.05) is 78.9 Å². The van der Waals surface area contributed by atoms with Crippen molar-refractivity contribution < 1.29 is 32.6 Å². The molecule has 4 rings (SSSR count). The van der Waals surface area contributed by atoms with Gasteiger partial charge < -0.3 is 15.2 Å². The number of amides is 1. The Morgan fingerprint density at radius 3 is 1.76 bits per heavy atom. The molecule has 0 heterocycles. The fourth-order valence-corrected chi connectivity index (χ4v) is 3.80. The summed E-state index contributed by atoms with van der Waals surface area (Å²) in [7, 11) is 0. The van der Waals surface area contributed by atoms with Gasteiger partial charge in [0.25, 0.3) is 5.91 Å². The summed E-state index contributed by atoms with van der Waals surface area (Å²) in [5, 5.41) is 12.0. The third-order valence-corrected chi connectivity index (χ3v) is 5.91. The van der Waals surface area contributed by atoms with Crippen LogP contribution in [0.3, 0.4) is 0 Å². The number of carboxylic acids is 1. The Labute approximate surface area is 217 Å². The van der Waals surface area contributed by atoms with Crippen LogP contribution in [-0.4, -0.2) is 29.6 Å². The monoisotopic (exact) mass is 519 g/mol. The lowest BCUT2D eigenvalue weighted by Gasteiger charge is -2.15. The molecule has 0 aliphatic heterocycles. The average molecular weight is 520 g/mol. The molecule has 4 aromatic carbocycles. The number of aliphatic carboxylic acids is 1. The number of carboxylic acid groups (broad SMARTS) is 1. The van der Waals surface area contributed by atoms with Gasteiger partial charge in [0.15, 0.2) is 6.04 Å². The number of nitrogens with one attached hydrogen (secondary N) is 1. The zero-order chi connectivity index (χ0) is 27.1. The summed E-state index contributed by atoms with van der Waals surface area (Å²) in [5.41, 5.74) is 3.63. The van der Waals surface area contributed by atoms with Crippen LogP contribution in [0.2, 0.25) is 0 Å². The minimum Gasteiger partial charge on any atom is -0.480 e. The smallest absolute Gasteiger partial charge is 0.416 e. The van der Waals surface area contributed by atoms with Crippen LogP contribution < -0.4 is 5.32 Å². The number of alkyl halides is 3. The molecule has 4 aromatic rings. The van der Waals surface area contributed by atoms with E-state index < -0.39 is 29.7 Å². The molecule has 0 aliphatic rings. The molecule has 0 unspecified atom stereocenters. The summed E-state index contributed by atoms with van der Waals surface area (Å²) in [5.74, 6) is -1.84. The lowest BCUT2D eigenvalue weighted by Crippen LogP contribution is -2.44. The van der Waals surface area contributed by atoms with E-state index >= 15 is 0 Å². The third-order valence-electron chi connectivity index (χ3n) is 5.91. The standard InChI is InChI=1S/C30H24F3NO4/c31-30(32,33)26-16-14-24(15-17-26)23-10-12-25(13-11-23)28(35)34-27(29(36)37)19-38-18-20-6-8-22(9-7-20)21-4-2-1-3-5-21/h1-17,27H,18-19H2,(H,34,35)(H,36,37)/t27-/m0/s1. The van der Waals surface area contributed by atoms with Crippen molar-refractivity contribution >= 4 is 11.9 Å². The van der Waals surface area contributed by atoms with Crippen molar-refractivity contribution in [1.29, 1.82) is 0 Å². The summed E-state index contributed by atoms with van der Waals surface area (Å²) in [4.78, 5) is 24.3. The Bertz CT molecular complexity index is 1370. The molecule has 2 N–H and O–H groups in total. The van der Waals surface area contributed by atoms with Gasteiger partial charge in [0.05, 0.1) is 18.8 Å². The van der Waals surface area contributed by atoms with Gasteiger partial charge in [-0.2, -0.15) is 13.2 Å². The fourth-order valence-electron chi connectivity index (χ4n) is 3.80. The first kappa shape index (κ1) is 26.6. The van der Waals surface area contributed by atoms with E-state index in [-0.39, 0.29) is 18.8 Å². The van der Waals surface area contributed by atoms with E-state index in [9.17, 15) is 27.9 Å². The summed E-state index contributed by atoms with van der Waals surface area (Å²) < 4.78 is 43.9. The molecule has 0 saturated carbocycles.